The van der Waals surface area contributed by atoms with Gasteiger partial charge in [-0.2, -0.15) is 18.4 Å². The van der Waals surface area contributed by atoms with Crippen molar-refractivity contribution in [1.29, 1.82) is 5.26 Å². The minimum atomic E-state index is -4.45. The molecule has 0 aliphatic carbocycles. The van der Waals surface area contributed by atoms with Gasteiger partial charge in [-0.3, -0.25) is 4.79 Å². The summed E-state index contributed by atoms with van der Waals surface area (Å²) in [5.41, 5.74) is 1.12. The van der Waals surface area contributed by atoms with Gasteiger partial charge in [0.05, 0.1) is 47.0 Å². The summed E-state index contributed by atoms with van der Waals surface area (Å²) < 4.78 is 68.8. The van der Waals surface area contributed by atoms with Gasteiger partial charge in [-0.05, 0) is 60.2 Å². The van der Waals surface area contributed by atoms with Crippen LogP contribution in [0, 0.1) is 11.3 Å². The molecule has 7 nitrogen and oxygen atoms in total. The second-order valence-corrected chi connectivity index (χ2v) is 10.9. The van der Waals surface area contributed by atoms with Gasteiger partial charge in [-0.15, -0.1) is 0 Å². The SMILES string of the molecule is CCS(=O)(=O)c1ccc(C(CC#N)NC(=O)c2ccc3c(c2)N(c2ccc(C(F)(F)F)cc2)CCO3)cc1. The van der Waals surface area contributed by atoms with Gasteiger partial charge in [0, 0.05) is 11.3 Å². The number of alkyl halides is 3. The molecule has 3 aromatic carbocycles. The number of hydrogen-bond acceptors (Lipinski definition) is 6. The van der Waals surface area contributed by atoms with Crippen LogP contribution in [0.3, 0.4) is 0 Å². The predicted octanol–water partition coefficient (Wildman–Crippen LogP) is 5.41. The fourth-order valence-electron chi connectivity index (χ4n) is 4.12. The topological polar surface area (TPSA) is 99.5 Å². The Morgan fingerprint density at radius 3 is 2.39 bits per heavy atom. The Kier molecular flexibility index (Phi) is 7.64. The zero-order chi connectivity index (χ0) is 27.5. The average molecular weight is 544 g/mol. The van der Waals surface area contributed by atoms with E-state index >= 15 is 0 Å². The molecule has 1 heterocycles. The Morgan fingerprint density at radius 1 is 1.11 bits per heavy atom. The van der Waals surface area contributed by atoms with Crippen molar-refractivity contribution in [1.82, 2.24) is 5.32 Å². The van der Waals surface area contributed by atoms with Gasteiger partial charge in [-0.25, -0.2) is 8.42 Å². The first-order valence-electron chi connectivity index (χ1n) is 11.8. The van der Waals surface area contributed by atoms with Crippen molar-refractivity contribution < 1.29 is 31.1 Å². The number of ether oxygens (including phenoxy) is 1. The number of carbonyl (C=O) groups excluding carboxylic acids is 1. The number of amides is 1. The minimum absolute atomic E-state index is 0.0443. The van der Waals surface area contributed by atoms with Crippen LogP contribution in [-0.4, -0.2) is 33.2 Å². The number of halogens is 3. The van der Waals surface area contributed by atoms with E-state index in [1.807, 2.05) is 6.07 Å². The molecular weight excluding hydrogens is 519 g/mol. The molecule has 0 aromatic heterocycles. The van der Waals surface area contributed by atoms with Crippen LogP contribution in [0.5, 0.6) is 5.75 Å². The van der Waals surface area contributed by atoms with E-state index in [1.54, 1.807) is 42.2 Å². The van der Waals surface area contributed by atoms with Crippen molar-refractivity contribution in [2.45, 2.75) is 30.5 Å². The molecule has 38 heavy (non-hydrogen) atoms. The van der Waals surface area contributed by atoms with Crippen molar-refractivity contribution in [3.63, 3.8) is 0 Å². The van der Waals surface area contributed by atoms with Crippen LogP contribution in [0.4, 0.5) is 24.5 Å². The first-order valence-corrected chi connectivity index (χ1v) is 13.4. The molecule has 1 aliphatic heterocycles. The van der Waals surface area contributed by atoms with Crippen molar-refractivity contribution >= 4 is 27.1 Å². The largest absolute Gasteiger partial charge is 0.490 e. The maximum Gasteiger partial charge on any atom is 0.416 e. The lowest BCUT2D eigenvalue weighted by Gasteiger charge is -2.32. The van der Waals surface area contributed by atoms with Crippen LogP contribution in [-0.2, 0) is 16.0 Å². The highest BCUT2D eigenvalue weighted by Crippen LogP contribution is 2.38. The summed E-state index contributed by atoms with van der Waals surface area (Å²) >= 11 is 0. The number of nitriles is 1. The molecule has 0 fully saturated rings. The number of anilines is 2. The molecule has 3 aromatic rings. The van der Waals surface area contributed by atoms with Crippen LogP contribution in [0.15, 0.2) is 71.6 Å². The molecule has 1 atom stereocenters. The van der Waals surface area contributed by atoms with Crippen LogP contribution < -0.4 is 15.0 Å². The van der Waals surface area contributed by atoms with E-state index in [-0.39, 0.29) is 22.6 Å². The van der Waals surface area contributed by atoms with Crippen molar-refractivity contribution in [3.8, 4) is 11.8 Å². The van der Waals surface area contributed by atoms with Crippen molar-refractivity contribution in [3.05, 3.63) is 83.4 Å². The van der Waals surface area contributed by atoms with Gasteiger partial charge in [0.25, 0.3) is 5.91 Å². The molecule has 0 bridgehead atoms. The Labute approximate surface area is 218 Å². The molecule has 1 N–H and O–H groups in total. The standard InChI is InChI=1S/C27H24F3N3O4S/c1-2-38(35,36)22-10-3-18(4-11-22)23(13-14-31)32-26(34)19-5-12-25-24(17-19)33(15-16-37-25)21-8-6-20(7-9-21)27(28,29)30/h3-12,17,23H,2,13,15-16H2,1H3,(H,32,34). The van der Waals surface area contributed by atoms with E-state index in [2.05, 4.69) is 5.32 Å². The van der Waals surface area contributed by atoms with Gasteiger partial charge < -0.3 is 15.0 Å². The molecule has 11 heteroatoms. The van der Waals surface area contributed by atoms with Crippen molar-refractivity contribution in [2.24, 2.45) is 0 Å². The monoisotopic (exact) mass is 543 g/mol. The molecule has 198 valence electrons. The Balaban J connectivity index is 1.58. The molecule has 1 unspecified atom stereocenters. The smallest absolute Gasteiger partial charge is 0.416 e. The maximum atomic E-state index is 13.2. The Hall–Kier alpha value is -4.04. The lowest BCUT2D eigenvalue weighted by molar-refractivity contribution is -0.137. The number of carbonyl (C=O) groups is 1. The second-order valence-electron chi connectivity index (χ2n) is 8.59. The molecule has 0 saturated carbocycles. The highest BCUT2D eigenvalue weighted by atomic mass is 32.2. The van der Waals surface area contributed by atoms with E-state index in [0.717, 1.165) is 12.1 Å². The normalized spacial score (nSPS) is 14.1. The van der Waals surface area contributed by atoms with Crippen LogP contribution in [0.1, 0.15) is 40.9 Å². The Morgan fingerprint density at radius 2 is 1.79 bits per heavy atom. The van der Waals surface area contributed by atoms with Gasteiger partial charge in [0.2, 0.25) is 0 Å². The zero-order valence-electron chi connectivity index (χ0n) is 20.3. The first kappa shape index (κ1) is 27.0. The average Bonchev–Trinajstić information content (AvgIpc) is 2.91. The highest BCUT2D eigenvalue weighted by molar-refractivity contribution is 7.91. The summed E-state index contributed by atoms with van der Waals surface area (Å²) in [7, 11) is -3.39. The van der Waals surface area contributed by atoms with E-state index in [1.165, 1.54) is 24.3 Å². The number of nitrogens with zero attached hydrogens (tertiary/aromatic N) is 2. The molecule has 1 aliphatic rings. The van der Waals surface area contributed by atoms with E-state index in [0.29, 0.717) is 35.8 Å². The summed E-state index contributed by atoms with van der Waals surface area (Å²) in [6, 6.07) is 16.9. The third-order valence-electron chi connectivity index (χ3n) is 6.21. The van der Waals surface area contributed by atoms with Gasteiger partial charge in [0.1, 0.15) is 12.4 Å². The van der Waals surface area contributed by atoms with Crippen LogP contribution in [0.2, 0.25) is 0 Å². The van der Waals surface area contributed by atoms with Gasteiger partial charge >= 0.3 is 6.18 Å². The molecule has 0 radical (unpaired) electrons. The fraction of sp³-hybridized carbons (Fsp3) is 0.259. The van der Waals surface area contributed by atoms with Gasteiger partial charge in [0.15, 0.2) is 9.84 Å². The molecule has 4 rings (SSSR count). The first-order chi connectivity index (χ1) is 18.0. The van der Waals surface area contributed by atoms with E-state index in [9.17, 15) is 31.6 Å². The number of hydrogen-bond donors (Lipinski definition) is 1. The molecular formula is C27H24F3N3O4S. The third kappa shape index (κ3) is 5.75. The van der Waals surface area contributed by atoms with Gasteiger partial charge in [-0.1, -0.05) is 19.1 Å². The highest BCUT2D eigenvalue weighted by Gasteiger charge is 2.31. The molecule has 0 spiro atoms. The second kappa shape index (κ2) is 10.8. The molecule has 1 amide bonds. The summed E-state index contributed by atoms with van der Waals surface area (Å²) in [5.74, 6) is -0.0405. The quantitative estimate of drug-likeness (QED) is 0.428. The number of fused-ring (bicyclic) bond motifs is 1. The van der Waals surface area contributed by atoms with Crippen LogP contribution >= 0.6 is 0 Å². The lowest BCUT2D eigenvalue weighted by atomic mass is 10.0. The third-order valence-corrected chi connectivity index (χ3v) is 7.96. The fourth-order valence-corrected chi connectivity index (χ4v) is 5.00. The number of benzene rings is 3. The maximum absolute atomic E-state index is 13.2. The number of nitrogens with one attached hydrogen (secondary N) is 1. The van der Waals surface area contributed by atoms with E-state index in [4.69, 9.17) is 4.74 Å². The van der Waals surface area contributed by atoms with Crippen LogP contribution in [0.25, 0.3) is 0 Å². The molecule has 0 saturated heterocycles. The number of rotatable bonds is 7. The summed E-state index contributed by atoms with van der Waals surface area (Å²) in [6.07, 6.45) is -4.49. The minimum Gasteiger partial charge on any atom is -0.490 e. The lowest BCUT2D eigenvalue weighted by Crippen LogP contribution is -2.31. The zero-order valence-corrected chi connectivity index (χ0v) is 21.1. The Bertz CT molecular complexity index is 1470. The number of sulfone groups is 1. The summed E-state index contributed by atoms with van der Waals surface area (Å²) in [4.78, 5) is 15.1. The summed E-state index contributed by atoms with van der Waals surface area (Å²) in [5, 5.41) is 12.1. The van der Waals surface area contributed by atoms with Crippen molar-refractivity contribution in [2.75, 3.05) is 23.8 Å². The predicted molar refractivity (Wildman–Crippen MR) is 135 cm³/mol. The van der Waals surface area contributed by atoms with E-state index < -0.39 is 33.5 Å². The summed E-state index contributed by atoms with van der Waals surface area (Å²) in [6.45, 7) is 2.23.